The van der Waals surface area contributed by atoms with Crippen LogP contribution in [0, 0.1) is 0 Å². The second-order valence-corrected chi connectivity index (χ2v) is 6.62. The van der Waals surface area contributed by atoms with Gasteiger partial charge in [-0.15, -0.1) is 0 Å². The number of nitrogens with zero attached hydrogens (tertiary/aromatic N) is 1. The highest BCUT2D eigenvalue weighted by molar-refractivity contribution is 5.98. The molecule has 1 aliphatic heterocycles. The Morgan fingerprint density at radius 3 is 2.45 bits per heavy atom. The Morgan fingerprint density at radius 1 is 1.05 bits per heavy atom. The topological polar surface area (TPSA) is 41.8 Å². The number of hydrogen-bond donors (Lipinski definition) is 1. The lowest BCUT2D eigenvalue weighted by atomic mass is 9.85. The summed E-state index contributed by atoms with van der Waals surface area (Å²) in [6.07, 6.45) is 0. The van der Waals surface area contributed by atoms with Gasteiger partial charge in [0.05, 0.1) is 5.56 Å². The molecule has 0 bridgehead atoms. The molecule has 1 heterocycles. The van der Waals surface area contributed by atoms with Crippen molar-refractivity contribution in [3.8, 4) is 5.75 Å². The van der Waals surface area contributed by atoms with Crippen LogP contribution in [0.2, 0.25) is 0 Å². The van der Waals surface area contributed by atoms with Crippen LogP contribution in [0.25, 0.3) is 0 Å². The van der Waals surface area contributed by atoms with Crippen molar-refractivity contribution in [2.45, 2.75) is 32.2 Å². The Kier molecular flexibility index (Phi) is 3.65. The molecule has 114 valence electrons. The number of aliphatic imine (C=N–C) groups is 1. The molecular formula is C19H21NO2. The molecule has 2 aromatic carbocycles. The summed E-state index contributed by atoms with van der Waals surface area (Å²) >= 11 is 0. The fourth-order valence-electron chi connectivity index (χ4n) is 2.69. The number of phenolic OH excluding ortho intramolecular Hbond substituents is 1. The maximum absolute atomic E-state index is 10.6. The van der Waals surface area contributed by atoms with Crippen LogP contribution in [0.1, 0.15) is 43.5 Å². The predicted octanol–water partition coefficient (Wildman–Crippen LogP) is 4.21. The van der Waals surface area contributed by atoms with Crippen LogP contribution >= 0.6 is 0 Å². The summed E-state index contributed by atoms with van der Waals surface area (Å²) in [6.45, 7) is 6.75. The van der Waals surface area contributed by atoms with Crippen molar-refractivity contribution in [3.63, 3.8) is 0 Å². The van der Waals surface area contributed by atoms with Crippen molar-refractivity contribution >= 4 is 5.90 Å². The molecule has 3 nitrogen and oxygen atoms in total. The van der Waals surface area contributed by atoms with Crippen LogP contribution in [-0.2, 0) is 10.2 Å². The highest BCUT2D eigenvalue weighted by atomic mass is 16.5. The van der Waals surface area contributed by atoms with Gasteiger partial charge in [-0.1, -0.05) is 63.2 Å². The van der Waals surface area contributed by atoms with E-state index in [0.29, 0.717) is 18.1 Å². The average Bonchev–Trinajstić information content (AvgIpc) is 2.97. The highest BCUT2D eigenvalue weighted by Crippen LogP contribution is 2.35. The number of hydrogen-bond acceptors (Lipinski definition) is 3. The third-order valence-corrected chi connectivity index (χ3v) is 3.91. The van der Waals surface area contributed by atoms with E-state index in [1.165, 1.54) is 0 Å². The molecule has 0 radical (unpaired) electrons. The van der Waals surface area contributed by atoms with Crippen molar-refractivity contribution in [1.82, 2.24) is 0 Å². The minimum atomic E-state index is -0.127. The van der Waals surface area contributed by atoms with Gasteiger partial charge in [0.15, 0.2) is 0 Å². The van der Waals surface area contributed by atoms with Gasteiger partial charge in [-0.05, 0) is 17.0 Å². The second-order valence-electron chi connectivity index (χ2n) is 6.62. The molecule has 2 aromatic rings. The summed E-state index contributed by atoms with van der Waals surface area (Å²) in [5.74, 6) is 0.792. The van der Waals surface area contributed by atoms with Crippen LogP contribution in [0.3, 0.4) is 0 Å². The Bertz CT molecular complexity index is 699. The molecular weight excluding hydrogens is 274 g/mol. The maximum Gasteiger partial charge on any atom is 0.220 e. The van der Waals surface area contributed by atoms with E-state index in [9.17, 15) is 5.11 Å². The van der Waals surface area contributed by atoms with Crippen molar-refractivity contribution in [3.05, 3.63) is 65.2 Å². The Labute approximate surface area is 131 Å². The summed E-state index contributed by atoms with van der Waals surface area (Å²) in [6, 6.07) is 15.8. The molecule has 1 atom stereocenters. The van der Waals surface area contributed by atoms with Gasteiger partial charge >= 0.3 is 0 Å². The third kappa shape index (κ3) is 2.71. The molecule has 3 rings (SSSR count). The zero-order valence-electron chi connectivity index (χ0n) is 13.2. The van der Waals surface area contributed by atoms with Crippen molar-refractivity contribution in [2.24, 2.45) is 4.99 Å². The minimum absolute atomic E-state index is 0.00565. The van der Waals surface area contributed by atoms with Gasteiger partial charge in [-0.2, -0.15) is 0 Å². The number of para-hydroxylation sites is 1. The van der Waals surface area contributed by atoms with Gasteiger partial charge in [0.1, 0.15) is 18.4 Å². The van der Waals surface area contributed by atoms with E-state index in [1.807, 2.05) is 48.5 Å². The minimum Gasteiger partial charge on any atom is -0.507 e. The van der Waals surface area contributed by atoms with Gasteiger partial charge in [0, 0.05) is 5.56 Å². The van der Waals surface area contributed by atoms with Crippen LogP contribution in [0.4, 0.5) is 0 Å². The number of benzene rings is 2. The average molecular weight is 295 g/mol. The standard InChI is InChI=1S/C19H21NO2/c1-19(2,3)15-11-7-10-14(17(15)21)18-20-16(12-22-18)13-8-5-4-6-9-13/h4-11,16,21H,12H2,1-3H3/t16-/m1/s1. The molecule has 3 heteroatoms. The van der Waals surface area contributed by atoms with Crippen LogP contribution in [-0.4, -0.2) is 17.6 Å². The van der Waals surface area contributed by atoms with Crippen LogP contribution in [0.15, 0.2) is 53.5 Å². The Hall–Kier alpha value is -2.29. The molecule has 0 aromatic heterocycles. The first-order chi connectivity index (χ1) is 10.5. The molecule has 0 saturated heterocycles. The first-order valence-electron chi connectivity index (χ1n) is 7.55. The lowest BCUT2D eigenvalue weighted by molar-refractivity contribution is 0.318. The van der Waals surface area contributed by atoms with Gasteiger partial charge in [-0.25, -0.2) is 4.99 Å². The number of aromatic hydroxyl groups is 1. The van der Waals surface area contributed by atoms with Crippen LogP contribution < -0.4 is 0 Å². The molecule has 1 N–H and O–H groups in total. The van der Waals surface area contributed by atoms with Crippen molar-refractivity contribution in [1.29, 1.82) is 0 Å². The van der Waals surface area contributed by atoms with E-state index >= 15 is 0 Å². The third-order valence-electron chi connectivity index (χ3n) is 3.91. The fourth-order valence-corrected chi connectivity index (χ4v) is 2.69. The lowest BCUT2D eigenvalue weighted by Crippen LogP contribution is -2.13. The van der Waals surface area contributed by atoms with E-state index in [-0.39, 0.29) is 17.2 Å². The van der Waals surface area contributed by atoms with E-state index in [1.54, 1.807) is 0 Å². The summed E-state index contributed by atoms with van der Waals surface area (Å²) < 4.78 is 5.74. The summed E-state index contributed by atoms with van der Waals surface area (Å²) in [5.41, 5.74) is 2.58. The predicted molar refractivity (Wildman–Crippen MR) is 88.5 cm³/mol. The quantitative estimate of drug-likeness (QED) is 0.901. The number of ether oxygens (including phenoxy) is 1. The summed E-state index contributed by atoms with van der Waals surface area (Å²) in [4.78, 5) is 4.65. The molecule has 22 heavy (non-hydrogen) atoms. The monoisotopic (exact) mass is 295 g/mol. The molecule has 0 fully saturated rings. The first kappa shape index (κ1) is 14.6. The zero-order valence-corrected chi connectivity index (χ0v) is 13.2. The molecule has 0 aliphatic carbocycles. The first-order valence-corrected chi connectivity index (χ1v) is 7.55. The van der Waals surface area contributed by atoms with E-state index in [0.717, 1.165) is 11.1 Å². The number of rotatable bonds is 2. The maximum atomic E-state index is 10.6. The van der Waals surface area contributed by atoms with Crippen molar-refractivity contribution < 1.29 is 9.84 Å². The van der Waals surface area contributed by atoms with E-state index < -0.39 is 0 Å². The van der Waals surface area contributed by atoms with E-state index in [4.69, 9.17) is 4.74 Å². The highest BCUT2D eigenvalue weighted by Gasteiger charge is 2.26. The van der Waals surface area contributed by atoms with Gasteiger partial charge in [-0.3, -0.25) is 0 Å². The Morgan fingerprint density at radius 2 is 1.77 bits per heavy atom. The smallest absolute Gasteiger partial charge is 0.220 e. The van der Waals surface area contributed by atoms with Gasteiger partial charge < -0.3 is 9.84 Å². The largest absolute Gasteiger partial charge is 0.507 e. The molecule has 1 aliphatic rings. The molecule has 0 saturated carbocycles. The fraction of sp³-hybridized carbons (Fsp3) is 0.316. The van der Waals surface area contributed by atoms with Crippen LogP contribution in [0.5, 0.6) is 5.75 Å². The summed E-state index contributed by atoms with van der Waals surface area (Å²) in [5, 5.41) is 10.6. The second kappa shape index (κ2) is 5.48. The molecule has 0 amide bonds. The van der Waals surface area contributed by atoms with Gasteiger partial charge in [0.2, 0.25) is 5.90 Å². The van der Waals surface area contributed by atoms with E-state index in [2.05, 4.69) is 25.8 Å². The normalized spacial score (nSPS) is 18.0. The molecule has 0 unspecified atom stereocenters. The molecule has 0 spiro atoms. The van der Waals surface area contributed by atoms with Crippen molar-refractivity contribution in [2.75, 3.05) is 6.61 Å². The van der Waals surface area contributed by atoms with Gasteiger partial charge in [0.25, 0.3) is 0 Å². The SMILES string of the molecule is CC(C)(C)c1cccc(C2=N[C@@H](c3ccccc3)CO2)c1O. The lowest BCUT2D eigenvalue weighted by Gasteiger charge is -2.21. The Balaban J connectivity index is 1.96. The zero-order chi connectivity index (χ0) is 15.7. The summed E-state index contributed by atoms with van der Waals surface area (Å²) in [7, 11) is 0. The number of phenols is 1.